The van der Waals surface area contributed by atoms with Crippen molar-refractivity contribution in [2.24, 2.45) is 20.9 Å². The zero-order valence-electron chi connectivity index (χ0n) is 2.74. The molecule has 0 unspecified atom stereocenters. The molecule has 0 amide bonds. The van der Waals surface area contributed by atoms with Crippen LogP contribution in [0.2, 0.25) is 0 Å². The highest BCUT2D eigenvalue weighted by atomic mass is 15.5. The predicted molar refractivity (Wildman–Crippen MR) is 15.8 cm³/mol. The molecule has 0 rings (SSSR count). The Morgan fingerprint density at radius 2 is 2.00 bits per heavy atom. The van der Waals surface area contributed by atoms with Gasteiger partial charge in [-0.25, -0.2) is 5.22 Å². The first-order valence-electron chi connectivity index (χ1n) is 1.02. The van der Waals surface area contributed by atoms with E-state index in [-0.39, 0.29) is 0 Å². The topological polar surface area (TPSA) is 95.6 Å². The highest BCUT2D eigenvalue weighted by Crippen LogP contribution is 1.72. The number of rotatable bonds is 2. The first-order valence-corrected chi connectivity index (χ1v) is 1.02. The second-order valence-electron chi connectivity index (χ2n) is 0.368. The third-order valence-electron chi connectivity index (χ3n) is 0.125. The monoisotopic (exact) mass is 85.0 g/mol. The lowest BCUT2D eigenvalue weighted by atomic mass is 12.5. The van der Waals surface area contributed by atoms with Gasteiger partial charge in [0, 0.05) is 0 Å². The Balaban J connectivity index is 3.17. The maximum Gasteiger partial charge on any atom is -0.0519 e. The van der Waals surface area contributed by atoms with Crippen molar-refractivity contribution in [3.8, 4) is 0 Å². The van der Waals surface area contributed by atoms with E-state index in [9.17, 15) is 0 Å². The molecule has 0 saturated carbocycles. The zero-order chi connectivity index (χ0) is 4.83. The molecule has 0 aromatic heterocycles. The van der Waals surface area contributed by atoms with Gasteiger partial charge in [-0.2, -0.15) is 5.53 Å². The Kier molecular flexibility index (Phi) is 3.04. The second kappa shape index (κ2) is 3.80. The lowest BCUT2D eigenvalue weighted by Crippen LogP contribution is -1.35. The first-order chi connectivity index (χ1) is 2.91. The van der Waals surface area contributed by atoms with Crippen molar-refractivity contribution in [3.05, 3.63) is 5.53 Å². The summed E-state index contributed by atoms with van der Waals surface area (Å²) in [6.07, 6.45) is 0. The van der Waals surface area contributed by atoms with Crippen molar-refractivity contribution in [3.63, 3.8) is 0 Å². The van der Waals surface area contributed by atoms with Crippen LogP contribution in [0.5, 0.6) is 0 Å². The van der Waals surface area contributed by atoms with E-state index in [1.54, 1.807) is 0 Å². The van der Waals surface area contributed by atoms with Crippen LogP contribution in [0.3, 0.4) is 0 Å². The summed E-state index contributed by atoms with van der Waals surface area (Å²) in [5.41, 5.74) is 13.3. The van der Waals surface area contributed by atoms with E-state index in [1.807, 2.05) is 0 Å². The highest BCUT2D eigenvalue weighted by molar-refractivity contribution is 4.06. The summed E-state index contributed by atoms with van der Waals surface area (Å²) < 4.78 is 0. The number of nitrogens with one attached hydrogen (secondary N) is 1. The zero-order valence-corrected chi connectivity index (χ0v) is 2.74. The first kappa shape index (κ1) is 4.80. The van der Waals surface area contributed by atoms with Gasteiger partial charge in [0.2, 0.25) is 0 Å². The van der Waals surface area contributed by atoms with Crippen LogP contribution in [-0.4, -0.2) is 0 Å². The largest absolute Gasteiger partial charge is 0.360 e. The normalized spacial score (nSPS) is 8.67. The van der Waals surface area contributed by atoms with Crippen LogP contribution in [0.1, 0.15) is 0 Å². The van der Waals surface area contributed by atoms with Gasteiger partial charge < -0.3 is 5.53 Å². The molecule has 0 fully saturated rings. The van der Waals surface area contributed by atoms with Crippen molar-refractivity contribution >= 4 is 0 Å². The van der Waals surface area contributed by atoms with Crippen molar-refractivity contribution in [2.45, 2.75) is 0 Å². The number of hydrogen-bond donors (Lipinski definition) is 1. The third-order valence-corrected chi connectivity index (χ3v) is 0.125. The lowest BCUT2D eigenvalue weighted by Gasteiger charge is -1.73. The molecule has 0 atom stereocenters. The van der Waals surface area contributed by atoms with Crippen LogP contribution in [0.15, 0.2) is 20.9 Å². The number of hydrogen-bond acceptors (Lipinski definition) is 1. The molecule has 0 radical (unpaired) electrons. The second-order valence-corrected chi connectivity index (χ2v) is 0.368. The van der Waals surface area contributed by atoms with Crippen LogP contribution in [0.4, 0.5) is 0 Å². The van der Waals surface area contributed by atoms with Crippen LogP contribution >= 0.6 is 0 Å². The summed E-state index contributed by atoms with van der Waals surface area (Å²) in [6, 6.07) is 0. The van der Waals surface area contributed by atoms with E-state index < -0.39 is 0 Å². The summed E-state index contributed by atoms with van der Waals surface area (Å²) in [4.78, 5) is 0. The van der Waals surface area contributed by atoms with Crippen molar-refractivity contribution in [1.82, 2.24) is 0 Å². The fraction of sp³-hybridized carbons (Fsp3) is 0. The Morgan fingerprint density at radius 3 is 2.17 bits per heavy atom. The van der Waals surface area contributed by atoms with Gasteiger partial charge in [-0.15, -0.1) is 5.22 Å². The molecule has 0 aliphatic carbocycles. The third kappa shape index (κ3) is 2.80. The van der Waals surface area contributed by atoms with Crippen LogP contribution in [-0.2, 0) is 0 Å². The van der Waals surface area contributed by atoms with Gasteiger partial charge >= 0.3 is 0 Å². The molecule has 0 aliphatic heterocycles. The highest BCUT2D eigenvalue weighted by Gasteiger charge is 1.37. The molecule has 0 aromatic rings. The minimum atomic E-state index is 2.17. The van der Waals surface area contributed by atoms with Gasteiger partial charge in [0.15, 0.2) is 0 Å². The van der Waals surface area contributed by atoms with Crippen molar-refractivity contribution in [2.75, 3.05) is 0 Å². The van der Waals surface area contributed by atoms with E-state index in [4.69, 9.17) is 11.1 Å². The summed E-state index contributed by atoms with van der Waals surface area (Å²) in [5.74, 6) is 0. The van der Waals surface area contributed by atoms with Gasteiger partial charge in [-0.3, -0.25) is 5.22 Å². The van der Waals surface area contributed by atoms with Crippen molar-refractivity contribution < 1.29 is 0 Å². The van der Waals surface area contributed by atoms with E-state index in [2.05, 4.69) is 20.9 Å². The predicted octanol–water partition coefficient (Wildman–Crippen LogP) is 1.32. The SMILES string of the molecule is [N-]=N/N=N/N=N. The van der Waals surface area contributed by atoms with Gasteiger partial charge in [-0.1, -0.05) is 5.22 Å². The molecule has 0 aromatic carbocycles. The van der Waals surface area contributed by atoms with E-state index in [1.165, 1.54) is 0 Å². The molecule has 0 bridgehead atoms. The molecule has 6 nitrogen and oxygen atoms in total. The summed E-state index contributed by atoms with van der Waals surface area (Å²) in [7, 11) is 0. The molecular formula is HN6-. The van der Waals surface area contributed by atoms with Crippen LogP contribution < -0.4 is 0 Å². The molecule has 32 valence electrons. The van der Waals surface area contributed by atoms with Crippen LogP contribution in [0, 0.1) is 5.53 Å². The molecular weight excluding hydrogens is 84.0 g/mol. The van der Waals surface area contributed by atoms with E-state index in [0.717, 1.165) is 0 Å². The van der Waals surface area contributed by atoms with Crippen molar-refractivity contribution in [1.29, 1.82) is 5.53 Å². The lowest BCUT2D eigenvalue weighted by molar-refractivity contribution is 0.856. The fourth-order valence-electron chi connectivity index (χ4n) is 0.0379. The summed E-state index contributed by atoms with van der Waals surface area (Å²) in [6.45, 7) is 0. The average molecular weight is 85.0 g/mol. The smallest absolute Gasteiger partial charge is 0.0519 e. The molecule has 0 heterocycles. The molecule has 6 heteroatoms. The minimum Gasteiger partial charge on any atom is -0.360 e. The van der Waals surface area contributed by atoms with Crippen LogP contribution in [0.25, 0.3) is 5.53 Å². The molecule has 0 aliphatic rings. The Morgan fingerprint density at radius 1 is 1.33 bits per heavy atom. The summed E-state index contributed by atoms with van der Waals surface area (Å²) >= 11 is 0. The quantitative estimate of drug-likeness (QED) is 0.386. The maximum atomic E-state index is 7.42. The maximum absolute atomic E-state index is 7.42. The fourth-order valence-corrected chi connectivity index (χ4v) is 0.0379. The molecule has 0 saturated heterocycles. The number of nitrogens with zero attached hydrogens (tertiary/aromatic N) is 5. The Hall–Kier alpha value is -1.20. The summed E-state index contributed by atoms with van der Waals surface area (Å²) in [5, 5.41) is 9.68. The van der Waals surface area contributed by atoms with Gasteiger partial charge in [0.25, 0.3) is 0 Å². The molecule has 1 N–H and O–H groups in total. The average Bonchev–Trinajstić information content (AvgIpc) is 1.61. The van der Waals surface area contributed by atoms with Gasteiger partial charge in [-0.05, 0) is 0 Å². The standard InChI is InChI=1S/HN6/c1-3-5-6-4-2/h1H/q-1/b3-1?,6-5+. The Labute approximate surface area is 33.2 Å². The van der Waals surface area contributed by atoms with Gasteiger partial charge in [0.05, 0.1) is 0 Å². The minimum absolute atomic E-state index is 2.17. The van der Waals surface area contributed by atoms with E-state index >= 15 is 0 Å². The van der Waals surface area contributed by atoms with E-state index in [0.29, 0.717) is 0 Å². The molecule has 0 spiro atoms. The Bertz CT molecular complexity index is 58.1. The molecule has 6 heavy (non-hydrogen) atoms. The van der Waals surface area contributed by atoms with Gasteiger partial charge in [0.1, 0.15) is 0 Å².